The Kier molecular flexibility index (Phi) is 4.82. The molecule has 2 heterocycles. The lowest BCUT2D eigenvalue weighted by molar-refractivity contribution is 0.0563. The van der Waals surface area contributed by atoms with Crippen molar-refractivity contribution >= 4 is 17.6 Å². The first kappa shape index (κ1) is 17.1. The highest BCUT2D eigenvalue weighted by Gasteiger charge is 2.19. The van der Waals surface area contributed by atoms with E-state index in [0.717, 1.165) is 0 Å². The van der Waals surface area contributed by atoms with Crippen LogP contribution in [0.25, 0.3) is 0 Å². The van der Waals surface area contributed by atoms with Crippen LogP contribution in [0.5, 0.6) is 0 Å². The Balaban J connectivity index is 1.81. The largest absolute Gasteiger partial charge is 0.463 e. The Bertz CT molecular complexity index is 908. The zero-order valence-corrected chi connectivity index (χ0v) is 13.9. The van der Waals surface area contributed by atoms with Crippen molar-refractivity contribution in [3.63, 3.8) is 0 Å². The Morgan fingerprint density at radius 2 is 2.28 bits per heavy atom. The fraction of sp³-hybridized carbons (Fsp3) is 0.188. The molecule has 0 saturated heterocycles. The van der Waals surface area contributed by atoms with Crippen LogP contribution < -0.4 is 5.73 Å². The number of carbonyl (C=O) groups excluding carboxylic acids is 1. The summed E-state index contributed by atoms with van der Waals surface area (Å²) in [4.78, 5) is 11.6. The predicted octanol–water partition coefficient (Wildman–Crippen LogP) is 2.55. The minimum absolute atomic E-state index is 0.0904. The number of methoxy groups -OCH3 is 1. The molecule has 0 aliphatic carbocycles. The Labute approximate surface area is 147 Å². The fourth-order valence-corrected chi connectivity index (χ4v) is 2.51. The van der Waals surface area contributed by atoms with Crippen molar-refractivity contribution < 1.29 is 18.3 Å². The number of hydrogen-bond donors (Lipinski definition) is 1. The molecule has 0 aliphatic heterocycles. The van der Waals surface area contributed by atoms with Crippen LogP contribution in [0.3, 0.4) is 0 Å². The molecule has 9 heteroatoms. The van der Waals surface area contributed by atoms with Gasteiger partial charge in [-0.05, 0) is 18.2 Å². The van der Waals surface area contributed by atoms with Crippen molar-refractivity contribution in [3.8, 4) is 0 Å². The van der Waals surface area contributed by atoms with Gasteiger partial charge in [-0.15, -0.1) is 5.10 Å². The van der Waals surface area contributed by atoms with E-state index in [1.807, 2.05) is 0 Å². The Morgan fingerprint density at radius 1 is 1.48 bits per heavy atom. The van der Waals surface area contributed by atoms with Gasteiger partial charge in [0.2, 0.25) is 5.76 Å². The number of rotatable bonds is 5. The molecule has 0 radical (unpaired) electrons. The number of aromatic nitrogens is 3. The molecule has 0 saturated carbocycles. The van der Waals surface area contributed by atoms with Gasteiger partial charge in [-0.3, -0.25) is 0 Å². The molecule has 3 rings (SSSR count). The number of esters is 1. The van der Waals surface area contributed by atoms with E-state index in [4.69, 9.17) is 21.8 Å². The average Bonchev–Trinajstić information content (AvgIpc) is 3.23. The molecule has 25 heavy (non-hydrogen) atoms. The van der Waals surface area contributed by atoms with Crippen molar-refractivity contribution in [1.82, 2.24) is 15.0 Å². The summed E-state index contributed by atoms with van der Waals surface area (Å²) in [6.45, 7) is 0.226. The third kappa shape index (κ3) is 3.54. The molecule has 7 nitrogen and oxygen atoms in total. The number of nitrogens with zero attached hydrogens (tertiary/aromatic N) is 3. The number of furan rings is 1. The topological polar surface area (TPSA) is 96.2 Å². The number of nitrogens with two attached hydrogens (primary N) is 1. The lowest BCUT2D eigenvalue weighted by Gasteiger charge is -2.09. The Hall–Kier alpha value is -2.71. The van der Waals surface area contributed by atoms with Gasteiger partial charge < -0.3 is 14.9 Å². The van der Waals surface area contributed by atoms with Crippen LogP contribution >= 0.6 is 11.6 Å². The number of hydrogen-bond acceptors (Lipinski definition) is 6. The molecule has 0 amide bonds. The zero-order valence-electron chi connectivity index (χ0n) is 13.1. The maximum absolute atomic E-state index is 14.0. The second-order valence-corrected chi connectivity index (χ2v) is 5.69. The summed E-state index contributed by atoms with van der Waals surface area (Å²) in [5.41, 5.74) is 7.28. The minimum atomic E-state index is -0.796. The molecule has 0 aliphatic rings. The second kappa shape index (κ2) is 7.04. The normalized spacial score (nSPS) is 12.2. The molecule has 1 aromatic carbocycles. The van der Waals surface area contributed by atoms with Gasteiger partial charge >= 0.3 is 5.97 Å². The predicted molar refractivity (Wildman–Crippen MR) is 86.6 cm³/mol. The van der Waals surface area contributed by atoms with E-state index >= 15 is 0 Å². The van der Waals surface area contributed by atoms with Gasteiger partial charge in [-0.1, -0.05) is 22.9 Å². The number of ether oxygens (including phenoxy) is 1. The number of halogens is 2. The van der Waals surface area contributed by atoms with E-state index in [2.05, 4.69) is 15.0 Å². The quantitative estimate of drug-likeness (QED) is 0.699. The van der Waals surface area contributed by atoms with E-state index < -0.39 is 17.8 Å². The van der Waals surface area contributed by atoms with Crippen LogP contribution in [0, 0.1) is 5.82 Å². The molecule has 1 unspecified atom stereocenters. The van der Waals surface area contributed by atoms with Crippen LogP contribution in [0.2, 0.25) is 5.02 Å². The molecule has 3 aromatic rings. The van der Waals surface area contributed by atoms with Crippen LogP contribution in [0.15, 0.2) is 41.1 Å². The monoisotopic (exact) mass is 364 g/mol. The standard InChI is InChI=1S/C16H14ClFN4O3/c1-24-16(23)15-9(4-5-25-15)7-22-8-13(20-21-22)14(19)11-3-2-10(17)6-12(11)18/h2-6,8,14H,7,19H2,1H3. The van der Waals surface area contributed by atoms with Gasteiger partial charge in [0.25, 0.3) is 0 Å². The molecule has 2 aromatic heterocycles. The summed E-state index contributed by atoms with van der Waals surface area (Å²) in [5.74, 6) is -1.01. The maximum Gasteiger partial charge on any atom is 0.374 e. The maximum atomic E-state index is 14.0. The summed E-state index contributed by atoms with van der Waals surface area (Å²) in [5, 5.41) is 8.21. The van der Waals surface area contributed by atoms with Gasteiger partial charge in [-0.2, -0.15) is 0 Å². The van der Waals surface area contributed by atoms with Crippen molar-refractivity contribution in [3.05, 3.63) is 70.1 Å². The summed E-state index contributed by atoms with van der Waals surface area (Å²) in [6.07, 6.45) is 2.96. The first-order valence-electron chi connectivity index (χ1n) is 7.25. The van der Waals surface area contributed by atoms with Crippen molar-refractivity contribution in [2.24, 2.45) is 5.73 Å². The highest BCUT2D eigenvalue weighted by Crippen LogP contribution is 2.23. The third-order valence-electron chi connectivity index (χ3n) is 3.62. The number of carbonyl (C=O) groups is 1. The lowest BCUT2D eigenvalue weighted by Crippen LogP contribution is -2.14. The van der Waals surface area contributed by atoms with Crippen molar-refractivity contribution in [1.29, 1.82) is 0 Å². The summed E-state index contributed by atoms with van der Waals surface area (Å²) in [7, 11) is 1.27. The zero-order chi connectivity index (χ0) is 18.0. The van der Waals surface area contributed by atoms with Gasteiger partial charge in [0, 0.05) is 16.1 Å². The van der Waals surface area contributed by atoms with E-state index in [1.165, 1.54) is 30.2 Å². The van der Waals surface area contributed by atoms with Gasteiger partial charge in [-0.25, -0.2) is 13.9 Å². The molecule has 130 valence electrons. The van der Waals surface area contributed by atoms with E-state index in [0.29, 0.717) is 11.3 Å². The summed E-state index contributed by atoms with van der Waals surface area (Å²) >= 11 is 5.74. The molecule has 0 fully saturated rings. The van der Waals surface area contributed by atoms with E-state index in [1.54, 1.807) is 18.3 Å². The van der Waals surface area contributed by atoms with Crippen LogP contribution in [0.1, 0.15) is 33.4 Å². The molecule has 0 spiro atoms. The van der Waals surface area contributed by atoms with Crippen LogP contribution in [-0.2, 0) is 11.3 Å². The van der Waals surface area contributed by atoms with E-state index in [-0.39, 0.29) is 22.9 Å². The first-order valence-corrected chi connectivity index (χ1v) is 7.62. The third-order valence-corrected chi connectivity index (χ3v) is 3.86. The van der Waals surface area contributed by atoms with Gasteiger partial charge in [0.1, 0.15) is 11.5 Å². The molecule has 0 bridgehead atoms. The average molecular weight is 365 g/mol. The molecule has 2 N–H and O–H groups in total. The summed E-state index contributed by atoms with van der Waals surface area (Å²) in [6, 6.07) is 5.09. The van der Waals surface area contributed by atoms with Crippen molar-refractivity contribution in [2.75, 3.05) is 7.11 Å². The van der Waals surface area contributed by atoms with Crippen LogP contribution in [-0.4, -0.2) is 28.1 Å². The first-order chi connectivity index (χ1) is 12.0. The molecular weight excluding hydrogens is 351 g/mol. The number of benzene rings is 1. The van der Waals surface area contributed by atoms with E-state index in [9.17, 15) is 9.18 Å². The van der Waals surface area contributed by atoms with Crippen molar-refractivity contribution in [2.45, 2.75) is 12.6 Å². The molecular formula is C16H14ClFN4O3. The highest BCUT2D eigenvalue weighted by atomic mass is 35.5. The Morgan fingerprint density at radius 3 is 3.00 bits per heavy atom. The van der Waals surface area contributed by atoms with Gasteiger partial charge in [0.15, 0.2) is 0 Å². The smallest absolute Gasteiger partial charge is 0.374 e. The second-order valence-electron chi connectivity index (χ2n) is 5.25. The minimum Gasteiger partial charge on any atom is -0.463 e. The highest BCUT2D eigenvalue weighted by molar-refractivity contribution is 6.30. The summed E-state index contributed by atoms with van der Waals surface area (Å²) < 4.78 is 25.2. The fourth-order valence-electron chi connectivity index (χ4n) is 2.35. The SMILES string of the molecule is COC(=O)c1occc1Cn1cc(C(N)c2ccc(Cl)cc2F)nn1. The molecule has 1 atom stereocenters. The lowest BCUT2D eigenvalue weighted by atomic mass is 10.0. The van der Waals surface area contributed by atoms with Gasteiger partial charge in [0.05, 0.1) is 32.2 Å². The van der Waals surface area contributed by atoms with Crippen LogP contribution in [0.4, 0.5) is 4.39 Å².